The van der Waals surface area contributed by atoms with Crippen molar-refractivity contribution in [2.24, 2.45) is 0 Å². The minimum Gasteiger partial charge on any atom is -0.393 e. The van der Waals surface area contributed by atoms with Crippen molar-refractivity contribution in [1.82, 2.24) is 9.97 Å². The van der Waals surface area contributed by atoms with E-state index >= 15 is 0 Å². The van der Waals surface area contributed by atoms with Gasteiger partial charge in [0.25, 0.3) is 0 Å². The molecule has 0 spiro atoms. The van der Waals surface area contributed by atoms with Gasteiger partial charge in [0.1, 0.15) is 17.8 Å². The van der Waals surface area contributed by atoms with Crippen LogP contribution in [0.25, 0.3) is 0 Å². The number of aromatic nitrogens is 2. The number of hydrogen-bond donors (Lipinski definition) is 1. The Morgan fingerprint density at radius 3 is 2.30 bits per heavy atom. The van der Waals surface area contributed by atoms with Gasteiger partial charge in [-0.05, 0) is 48.7 Å². The van der Waals surface area contributed by atoms with Crippen molar-refractivity contribution in [3.05, 3.63) is 66.2 Å². The molecule has 0 saturated carbocycles. The van der Waals surface area contributed by atoms with Crippen molar-refractivity contribution in [3.8, 4) is 0 Å². The number of hydrogen-bond acceptors (Lipinski definition) is 6. The molecule has 2 aliphatic rings. The predicted molar refractivity (Wildman–Crippen MR) is 119 cm³/mol. The van der Waals surface area contributed by atoms with Gasteiger partial charge in [-0.25, -0.2) is 14.4 Å². The lowest BCUT2D eigenvalue weighted by atomic mass is 10.0. The quantitative estimate of drug-likeness (QED) is 0.720. The van der Waals surface area contributed by atoms with Crippen LogP contribution in [-0.2, 0) is 6.42 Å². The Hall–Kier alpha value is -3.35. The molecule has 0 atom stereocenters. The van der Waals surface area contributed by atoms with E-state index in [1.54, 1.807) is 6.33 Å². The highest BCUT2D eigenvalue weighted by Gasteiger charge is 2.25. The van der Waals surface area contributed by atoms with Gasteiger partial charge in [0.2, 0.25) is 0 Å². The molecule has 3 aromatic rings. The minimum atomic E-state index is -0.210. The van der Waals surface area contributed by atoms with E-state index in [-0.39, 0.29) is 5.82 Å². The molecule has 2 N–H and O–H groups in total. The molecule has 5 rings (SSSR count). The van der Waals surface area contributed by atoms with E-state index in [1.165, 1.54) is 23.4 Å². The molecule has 30 heavy (non-hydrogen) atoms. The summed E-state index contributed by atoms with van der Waals surface area (Å²) in [6.45, 7) is 4.16. The molecule has 0 unspecified atom stereocenters. The number of halogens is 1. The standard InChI is InChI=1S/C23H25FN6/c24-18-7-9-19(10-8-18)28-12-14-29(15-13-28)22-21(25)23(27-16-26-22)30-11-3-5-17-4-1-2-6-20(17)30/h1-2,4,6-10,16H,3,5,11-15,25H2. The fraction of sp³-hybridized carbons (Fsp3) is 0.304. The lowest BCUT2D eigenvalue weighted by molar-refractivity contribution is 0.624. The van der Waals surface area contributed by atoms with Gasteiger partial charge >= 0.3 is 0 Å². The molecule has 3 heterocycles. The first-order chi connectivity index (χ1) is 14.7. The summed E-state index contributed by atoms with van der Waals surface area (Å²) >= 11 is 0. The second-order valence-electron chi connectivity index (χ2n) is 7.77. The molecule has 0 radical (unpaired) electrons. The normalized spacial score (nSPS) is 16.5. The number of nitrogens with zero attached hydrogens (tertiary/aromatic N) is 5. The first kappa shape index (κ1) is 18.7. The topological polar surface area (TPSA) is 61.5 Å². The highest BCUT2D eigenvalue weighted by Crippen LogP contribution is 2.37. The third kappa shape index (κ3) is 3.40. The molecule has 2 aliphatic heterocycles. The van der Waals surface area contributed by atoms with Gasteiger partial charge in [0.15, 0.2) is 11.6 Å². The van der Waals surface area contributed by atoms with Crippen LogP contribution in [0, 0.1) is 5.82 Å². The van der Waals surface area contributed by atoms with Gasteiger partial charge < -0.3 is 20.4 Å². The van der Waals surface area contributed by atoms with Crippen LogP contribution in [0.15, 0.2) is 54.9 Å². The number of nitrogens with two attached hydrogens (primary N) is 1. The zero-order valence-corrected chi connectivity index (χ0v) is 16.8. The van der Waals surface area contributed by atoms with E-state index in [1.807, 2.05) is 12.1 Å². The molecular weight excluding hydrogens is 379 g/mol. The Kier molecular flexibility index (Phi) is 4.86. The first-order valence-corrected chi connectivity index (χ1v) is 10.4. The van der Waals surface area contributed by atoms with Gasteiger partial charge in [-0.1, -0.05) is 18.2 Å². The maximum absolute atomic E-state index is 13.2. The van der Waals surface area contributed by atoms with Crippen LogP contribution in [0.4, 0.5) is 33.1 Å². The maximum Gasteiger partial charge on any atom is 0.161 e. The average molecular weight is 404 g/mol. The second kappa shape index (κ2) is 7.82. The number of para-hydroxylation sites is 1. The second-order valence-corrected chi connectivity index (χ2v) is 7.77. The molecule has 1 saturated heterocycles. The fourth-order valence-corrected chi connectivity index (χ4v) is 4.43. The molecule has 2 aromatic carbocycles. The van der Waals surface area contributed by atoms with Gasteiger partial charge in [0.05, 0.1) is 0 Å². The number of rotatable bonds is 3. The fourth-order valence-electron chi connectivity index (χ4n) is 4.43. The zero-order chi connectivity index (χ0) is 20.5. The van der Waals surface area contributed by atoms with Crippen molar-refractivity contribution < 1.29 is 4.39 Å². The van der Waals surface area contributed by atoms with Gasteiger partial charge in [-0.3, -0.25) is 0 Å². The van der Waals surface area contributed by atoms with E-state index in [2.05, 4.69) is 48.9 Å². The summed E-state index contributed by atoms with van der Waals surface area (Å²) in [6, 6.07) is 15.1. The lowest BCUT2D eigenvalue weighted by Gasteiger charge is -2.38. The monoisotopic (exact) mass is 404 g/mol. The molecule has 1 aromatic heterocycles. The first-order valence-electron chi connectivity index (χ1n) is 10.4. The molecule has 0 aliphatic carbocycles. The largest absolute Gasteiger partial charge is 0.393 e. The van der Waals surface area contributed by atoms with Crippen LogP contribution in [-0.4, -0.2) is 42.7 Å². The number of piperazine rings is 1. The van der Waals surface area contributed by atoms with Crippen molar-refractivity contribution in [1.29, 1.82) is 0 Å². The molecule has 0 amide bonds. The molecule has 6 nitrogen and oxygen atoms in total. The van der Waals surface area contributed by atoms with Crippen LogP contribution in [0.1, 0.15) is 12.0 Å². The maximum atomic E-state index is 13.2. The van der Waals surface area contributed by atoms with Crippen molar-refractivity contribution in [2.75, 3.05) is 53.2 Å². The number of nitrogen functional groups attached to an aromatic ring is 1. The Morgan fingerprint density at radius 1 is 0.800 bits per heavy atom. The summed E-state index contributed by atoms with van der Waals surface area (Å²) in [5.74, 6) is 1.37. The molecule has 7 heteroatoms. The number of aryl methyl sites for hydroxylation is 1. The molecule has 1 fully saturated rings. The minimum absolute atomic E-state index is 0.210. The third-order valence-electron chi connectivity index (χ3n) is 5.98. The van der Waals surface area contributed by atoms with Crippen LogP contribution < -0.4 is 20.4 Å². The molecule has 0 bridgehead atoms. The summed E-state index contributed by atoms with van der Waals surface area (Å²) in [5, 5.41) is 0. The van der Waals surface area contributed by atoms with Crippen LogP contribution in [0.2, 0.25) is 0 Å². The highest BCUT2D eigenvalue weighted by molar-refractivity contribution is 5.81. The zero-order valence-electron chi connectivity index (χ0n) is 16.8. The van der Waals surface area contributed by atoms with E-state index in [4.69, 9.17) is 5.73 Å². The smallest absolute Gasteiger partial charge is 0.161 e. The van der Waals surface area contributed by atoms with Gasteiger partial charge in [-0.2, -0.15) is 0 Å². The van der Waals surface area contributed by atoms with E-state index < -0.39 is 0 Å². The van der Waals surface area contributed by atoms with Crippen LogP contribution >= 0.6 is 0 Å². The van der Waals surface area contributed by atoms with E-state index in [9.17, 15) is 4.39 Å². The predicted octanol–water partition coefficient (Wildman–Crippen LogP) is 3.61. The van der Waals surface area contributed by atoms with Crippen molar-refractivity contribution in [2.45, 2.75) is 12.8 Å². The summed E-state index contributed by atoms with van der Waals surface area (Å²) in [5.41, 5.74) is 10.8. The SMILES string of the molecule is Nc1c(N2CCN(c3ccc(F)cc3)CC2)ncnc1N1CCCc2ccccc21. The molecular formula is C23H25FN6. The Morgan fingerprint density at radius 2 is 1.50 bits per heavy atom. The van der Waals surface area contributed by atoms with E-state index in [0.717, 1.165) is 62.9 Å². The van der Waals surface area contributed by atoms with E-state index in [0.29, 0.717) is 5.69 Å². The number of benzene rings is 2. The Labute approximate surface area is 175 Å². The lowest BCUT2D eigenvalue weighted by Crippen LogP contribution is -2.47. The average Bonchev–Trinajstić information content (AvgIpc) is 2.80. The molecule has 154 valence electrons. The summed E-state index contributed by atoms with van der Waals surface area (Å²) in [4.78, 5) is 15.8. The summed E-state index contributed by atoms with van der Waals surface area (Å²) < 4.78 is 13.2. The number of fused-ring (bicyclic) bond motifs is 1. The van der Waals surface area contributed by atoms with Crippen LogP contribution in [0.3, 0.4) is 0 Å². The summed E-state index contributed by atoms with van der Waals surface area (Å²) in [7, 11) is 0. The Bertz CT molecular complexity index is 1030. The van der Waals surface area contributed by atoms with Crippen LogP contribution in [0.5, 0.6) is 0 Å². The van der Waals surface area contributed by atoms with Crippen molar-refractivity contribution in [3.63, 3.8) is 0 Å². The van der Waals surface area contributed by atoms with Gasteiger partial charge in [-0.15, -0.1) is 0 Å². The summed E-state index contributed by atoms with van der Waals surface area (Å²) in [6.07, 6.45) is 3.77. The van der Waals surface area contributed by atoms with Gasteiger partial charge in [0, 0.05) is 44.1 Å². The Balaban J connectivity index is 1.37. The third-order valence-corrected chi connectivity index (χ3v) is 5.98. The number of anilines is 5. The van der Waals surface area contributed by atoms with Crippen molar-refractivity contribution >= 4 is 28.7 Å². The highest BCUT2D eigenvalue weighted by atomic mass is 19.1.